The van der Waals surface area contributed by atoms with Crippen LogP contribution in [0.5, 0.6) is 0 Å². The van der Waals surface area contributed by atoms with Crippen molar-refractivity contribution < 1.29 is 19.5 Å². The van der Waals surface area contributed by atoms with Gasteiger partial charge in [0.1, 0.15) is 0 Å². The van der Waals surface area contributed by atoms with E-state index in [0.29, 0.717) is 25.3 Å². The predicted octanol–water partition coefficient (Wildman–Crippen LogP) is 0.700. The monoisotopic (exact) mass is 252 g/mol. The molecule has 18 heavy (non-hydrogen) atoms. The Labute approximate surface area is 109 Å². The Morgan fingerprint density at radius 1 is 1.11 bits per heavy atom. The first-order valence-corrected chi connectivity index (χ1v) is 6.34. The summed E-state index contributed by atoms with van der Waals surface area (Å²) in [7, 11) is -1.43. The quantitative estimate of drug-likeness (QED) is 0.501. The summed E-state index contributed by atoms with van der Waals surface area (Å²) in [5.74, 6) is 0. The Morgan fingerprint density at radius 2 is 1.89 bits per heavy atom. The molecule has 100 valence electrons. The van der Waals surface area contributed by atoms with Gasteiger partial charge >= 0.3 is 7.12 Å². The first-order chi connectivity index (χ1) is 8.74. The molecule has 0 fully saturated rings. The van der Waals surface area contributed by atoms with Gasteiger partial charge in [-0.3, -0.25) is 0 Å². The van der Waals surface area contributed by atoms with Crippen LogP contribution in [0.15, 0.2) is 24.3 Å². The molecule has 0 radical (unpaired) electrons. The second-order valence-corrected chi connectivity index (χ2v) is 4.14. The highest BCUT2D eigenvalue weighted by molar-refractivity contribution is 6.58. The van der Waals surface area contributed by atoms with Crippen LogP contribution in [-0.2, 0) is 16.1 Å². The first-order valence-electron chi connectivity index (χ1n) is 6.34. The summed E-state index contributed by atoms with van der Waals surface area (Å²) in [4.78, 5) is 0. The van der Waals surface area contributed by atoms with Gasteiger partial charge in [-0.25, -0.2) is 0 Å². The van der Waals surface area contributed by atoms with E-state index in [2.05, 4.69) is 6.92 Å². The van der Waals surface area contributed by atoms with E-state index >= 15 is 0 Å². The Morgan fingerprint density at radius 3 is 2.61 bits per heavy atom. The minimum absolute atomic E-state index is 0.456. The molecule has 1 aromatic rings. The van der Waals surface area contributed by atoms with Crippen LogP contribution in [0.1, 0.15) is 25.3 Å². The molecule has 1 aromatic carbocycles. The Kier molecular flexibility index (Phi) is 7.68. The third kappa shape index (κ3) is 6.16. The molecule has 0 aromatic heterocycles. The Hall–Kier alpha value is -0.875. The van der Waals surface area contributed by atoms with Crippen LogP contribution in [-0.4, -0.2) is 37.0 Å². The maximum absolute atomic E-state index is 9.03. The zero-order valence-corrected chi connectivity index (χ0v) is 10.8. The van der Waals surface area contributed by atoms with Gasteiger partial charge in [-0.1, -0.05) is 37.6 Å². The largest absolute Gasteiger partial charge is 0.488 e. The lowest BCUT2D eigenvalue weighted by Crippen LogP contribution is -2.29. The molecule has 0 aliphatic rings. The summed E-state index contributed by atoms with van der Waals surface area (Å²) in [5, 5.41) is 18.1. The SMILES string of the molecule is CCCCOCCOCc1cccc(B(O)O)c1. The highest BCUT2D eigenvalue weighted by Crippen LogP contribution is 2.00. The molecule has 0 saturated carbocycles. The summed E-state index contributed by atoms with van der Waals surface area (Å²) in [6, 6.07) is 7.07. The smallest absolute Gasteiger partial charge is 0.423 e. The third-order valence-corrected chi connectivity index (χ3v) is 2.53. The number of hydrogen-bond acceptors (Lipinski definition) is 4. The second-order valence-electron chi connectivity index (χ2n) is 4.14. The van der Waals surface area contributed by atoms with E-state index in [1.54, 1.807) is 18.2 Å². The van der Waals surface area contributed by atoms with Crippen LogP contribution in [0, 0.1) is 0 Å². The molecule has 0 atom stereocenters. The molecule has 0 bridgehead atoms. The maximum atomic E-state index is 9.03. The molecule has 5 heteroatoms. The van der Waals surface area contributed by atoms with Crippen molar-refractivity contribution in [1.29, 1.82) is 0 Å². The van der Waals surface area contributed by atoms with E-state index in [4.69, 9.17) is 19.5 Å². The van der Waals surface area contributed by atoms with Crippen molar-refractivity contribution in [3.63, 3.8) is 0 Å². The van der Waals surface area contributed by atoms with Gasteiger partial charge in [-0.05, 0) is 17.4 Å². The molecule has 0 heterocycles. The fourth-order valence-corrected chi connectivity index (χ4v) is 1.50. The average molecular weight is 252 g/mol. The van der Waals surface area contributed by atoms with Gasteiger partial charge in [-0.15, -0.1) is 0 Å². The fraction of sp³-hybridized carbons (Fsp3) is 0.538. The van der Waals surface area contributed by atoms with Gasteiger partial charge in [0, 0.05) is 6.61 Å². The summed E-state index contributed by atoms with van der Waals surface area (Å²) in [5.41, 5.74) is 1.41. The minimum Gasteiger partial charge on any atom is -0.423 e. The molecule has 0 amide bonds. The van der Waals surface area contributed by atoms with Gasteiger partial charge < -0.3 is 19.5 Å². The topological polar surface area (TPSA) is 58.9 Å². The standard InChI is InChI=1S/C13H21BO4/c1-2-3-7-17-8-9-18-11-12-5-4-6-13(10-12)14(15)16/h4-6,10,15-16H,2-3,7-9,11H2,1H3. The molecule has 0 aliphatic heterocycles. The molecule has 4 nitrogen and oxygen atoms in total. The number of ether oxygens (including phenoxy) is 2. The molecule has 0 aliphatic carbocycles. The van der Waals surface area contributed by atoms with Crippen molar-refractivity contribution in [2.24, 2.45) is 0 Å². The molecule has 2 N–H and O–H groups in total. The molecular formula is C13H21BO4. The summed E-state index contributed by atoms with van der Waals surface area (Å²) in [6.45, 7) is 4.52. The van der Waals surface area contributed by atoms with Crippen LogP contribution in [0.2, 0.25) is 0 Å². The van der Waals surface area contributed by atoms with Gasteiger partial charge in [0.15, 0.2) is 0 Å². The summed E-state index contributed by atoms with van der Waals surface area (Å²) >= 11 is 0. The molecular weight excluding hydrogens is 231 g/mol. The van der Waals surface area contributed by atoms with Crippen molar-refractivity contribution in [1.82, 2.24) is 0 Å². The maximum Gasteiger partial charge on any atom is 0.488 e. The van der Waals surface area contributed by atoms with Crippen molar-refractivity contribution in [2.45, 2.75) is 26.4 Å². The number of benzene rings is 1. The Bertz CT molecular complexity index is 331. The van der Waals surface area contributed by atoms with Crippen LogP contribution in [0.3, 0.4) is 0 Å². The zero-order chi connectivity index (χ0) is 13.2. The van der Waals surface area contributed by atoms with Gasteiger partial charge in [0.25, 0.3) is 0 Å². The number of unbranched alkanes of at least 4 members (excludes halogenated alkanes) is 1. The van der Waals surface area contributed by atoms with E-state index in [-0.39, 0.29) is 0 Å². The predicted molar refractivity (Wildman–Crippen MR) is 71.7 cm³/mol. The van der Waals surface area contributed by atoms with Crippen molar-refractivity contribution in [3.8, 4) is 0 Å². The molecule has 0 spiro atoms. The van der Waals surface area contributed by atoms with Gasteiger partial charge in [-0.2, -0.15) is 0 Å². The lowest BCUT2D eigenvalue weighted by molar-refractivity contribution is 0.0397. The Balaban J connectivity index is 2.17. The van der Waals surface area contributed by atoms with Gasteiger partial charge in [0.05, 0.1) is 19.8 Å². The van der Waals surface area contributed by atoms with Gasteiger partial charge in [0.2, 0.25) is 0 Å². The lowest BCUT2D eigenvalue weighted by atomic mass is 9.80. The second kappa shape index (κ2) is 9.11. The van der Waals surface area contributed by atoms with Crippen LogP contribution in [0.25, 0.3) is 0 Å². The minimum atomic E-state index is -1.43. The summed E-state index contributed by atoms with van der Waals surface area (Å²) in [6.07, 6.45) is 2.22. The van der Waals surface area contributed by atoms with E-state index in [1.165, 1.54) is 0 Å². The molecule has 1 rings (SSSR count). The van der Waals surface area contributed by atoms with E-state index < -0.39 is 7.12 Å². The van der Waals surface area contributed by atoms with Crippen molar-refractivity contribution >= 4 is 12.6 Å². The van der Waals surface area contributed by atoms with Crippen LogP contribution in [0.4, 0.5) is 0 Å². The number of hydrogen-bond donors (Lipinski definition) is 2. The highest BCUT2D eigenvalue weighted by Gasteiger charge is 2.10. The normalized spacial score (nSPS) is 10.6. The van der Waals surface area contributed by atoms with E-state index in [0.717, 1.165) is 25.0 Å². The summed E-state index contributed by atoms with van der Waals surface area (Å²) < 4.78 is 10.8. The number of rotatable bonds is 9. The third-order valence-electron chi connectivity index (χ3n) is 2.53. The molecule has 0 unspecified atom stereocenters. The molecule has 0 saturated heterocycles. The lowest BCUT2D eigenvalue weighted by Gasteiger charge is -2.07. The first kappa shape index (κ1) is 15.2. The average Bonchev–Trinajstić information content (AvgIpc) is 2.38. The van der Waals surface area contributed by atoms with E-state index in [9.17, 15) is 0 Å². The van der Waals surface area contributed by atoms with Crippen LogP contribution < -0.4 is 5.46 Å². The van der Waals surface area contributed by atoms with Crippen LogP contribution >= 0.6 is 0 Å². The van der Waals surface area contributed by atoms with Crippen molar-refractivity contribution in [3.05, 3.63) is 29.8 Å². The van der Waals surface area contributed by atoms with Crippen molar-refractivity contribution in [2.75, 3.05) is 19.8 Å². The zero-order valence-electron chi connectivity index (χ0n) is 10.8. The highest BCUT2D eigenvalue weighted by atomic mass is 16.5. The fourth-order valence-electron chi connectivity index (χ4n) is 1.50. The van der Waals surface area contributed by atoms with E-state index in [1.807, 2.05) is 6.07 Å².